The summed E-state index contributed by atoms with van der Waals surface area (Å²) >= 11 is 0. The zero-order valence-corrected chi connectivity index (χ0v) is 29.3. The van der Waals surface area contributed by atoms with Crippen LogP contribution in [-0.4, -0.2) is 85.6 Å². The first-order valence-corrected chi connectivity index (χ1v) is 17.3. The Morgan fingerprint density at radius 3 is 2.29 bits per heavy atom. The summed E-state index contributed by atoms with van der Waals surface area (Å²) in [5, 5.41) is 14.1. The zero-order valence-electron chi connectivity index (χ0n) is 29.3. The minimum Gasteiger partial charge on any atom is -0.390 e. The second kappa shape index (κ2) is 15.2. The van der Waals surface area contributed by atoms with Crippen LogP contribution in [0.5, 0.6) is 0 Å². The van der Waals surface area contributed by atoms with E-state index in [0.717, 1.165) is 12.8 Å². The molecule has 2 aliphatic carbocycles. The molecule has 3 fully saturated rings. The summed E-state index contributed by atoms with van der Waals surface area (Å²) in [7, 11) is 0. The highest BCUT2D eigenvalue weighted by Gasteiger charge is 2.58. The molecule has 1 saturated heterocycles. The molecule has 2 amide bonds. The van der Waals surface area contributed by atoms with Gasteiger partial charge in [-0.25, -0.2) is 13.8 Å². The number of amides is 2. The number of carbonyl (C=O) groups is 6. The van der Waals surface area contributed by atoms with Crippen molar-refractivity contribution >= 4 is 34.9 Å². The van der Waals surface area contributed by atoms with Crippen molar-refractivity contribution in [2.24, 2.45) is 40.9 Å². The molecule has 0 spiro atoms. The second-order valence-corrected chi connectivity index (χ2v) is 15.9. The summed E-state index contributed by atoms with van der Waals surface area (Å²) in [6.45, 7) is 10.4. The predicted molar refractivity (Wildman–Crippen MR) is 174 cm³/mol. The minimum atomic E-state index is -2.92. The van der Waals surface area contributed by atoms with E-state index in [0.29, 0.717) is 12.8 Å². The highest BCUT2D eigenvalue weighted by atomic mass is 19.3. The van der Waals surface area contributed by atoms with Gasteiger partial charge in [0, 0.05) is 62.4 Å². The van der Waals surface area contributed by atoms with E-state index in [1.165, 1.54) is 23.5 Å². The van der Waals surface area contributed by atoms with E-state index in [2.05, 4.69) is 15.3 Å². The van der Waals surface area contributed by atoms with Gasteiger partial charge >= 0.3 is 0 Å². The number of aliphatic hydroxyl groups is 1. The Morgan fingerprint density at radius 1 is 1.06 bits per heavy atom. The molecular formula is C36H50F2N4O7. The maximum Gasteiger partial charge on any atom is 0.246 e. The van der Waals surface area contributed by atoms with Crippen LogP contribution in [0.2, 0.25) is 0 Å². The number of likely N-dealkylation sites (tertiary alicyclic amines) is 1. The highest BCUT2D eigenvalue weighted by molar-refractivity contribution is 6.38. The summed E-state index contributed by atoms with van der Waals surface area (Å²) in [6.07, 6.45) is 1.76. The Morgan fingerprint density at radius 2 is 1.73 bits per heavy atom. The lowest BCUT2D eigenvalue weighted by Crippen LogP contribution is -2.58. The molecule has 2 saturated carbocycles. The fourth-order valence-electron chi connectivity index (χ4n) is 7.43. The van der Waals surface area contributed by atoms with Crippen LogP contribution in [-0.2, 0) is 24.0 Å². The Hall–Kier alpha value is -3.48. The van der Waals surface area contributed by atoms with Crippen molar-refractivity contribution in [3.63, 3.8) is 0 Å². The van der Waals surface area contributed by atoms with Crippen molar-refractivity contribution in [3.8, 4) is 0 Å². The number of nitrogens with one attached hydrogen (secondary N) is 1. The Balaban J connectivity index is 1.60. The normalized spacial score (nSPS) is 25.5. The number of Topliss-reactive ketones (excluding diaryl/α,β-unsaturated/α-hetero) is 4. The van der Waals surface area contributed by atoms with Crippen molar-refractivity contribution in [1.29, 1.82) is 0 Å². The van der Waals surface area contributed by atoms with Crippen LogP contribution in [0.3, 0.4) is 0 Å². The molecule has 1 aromatic rings. The molecule has 49 heavy (non-hydrogen) atoms. The predicted octanol–water partition coefficient (Wildman–Crippen LogP) is 4.01. The first-order chi connectivity index (χ1) is 22.8. The van der Waals surface area contributed by atoms with Crippen LogP contribution in [0.25, 0.3) is 0 Å². The summed E-state index contributed by atoms with van der Waals surface area (Å²) < 4.78 is 27.3. The van der Waals surface area contributed by atoms with Gasteiger partial charge in [0.25, 0.3) is 0 Å². The molecule has 7 atom stereocenters. The third-order valence-corrected chi connectivity index (χ3v) is 10.6. The van der Waals surface area contributed by atoms with E-state index in [1.807, 2.05) is 0 Å². The number of hydrogen-bond acceptors (Lipinski definition) is 9. The number of hydrogen-bond donors (Lipinski definition) is 2. The van der Waals surface area contributed by atoms with Gasteiger partial charge in [0.15, 0.2) is 17.3 Å². The minimum absolute atomic E-state index is 0.0117. The van der Waals surface area contributed by atoms with Gasteiger partial charge in [-0.1, -0.05) is 34.6 Å². The molecule has 4 rings (SSSR count). The molecule has 0 bridgehead atoms. The quantitative estimate of drug-likeness (QED) is 0.193. The topological polar surface area (TPSA) is 164 Å². The molecule has 0 radical (unpaired) electrons. The van der Waals surface area contributed by atoms with Crippen LogP contribution < -0.4 is 5.32 Å². The molecular weight excluding hydrogens is 638 g/mol. The summed E-state index contributed by atoms with van der Waals surface area (Å²) in [5.41, 5.74) is -1.97. The lowest BCUT2D eigenvalue weighted by atomic mass is 9.82. The molecule has 1 aromatic heterocycles. The van der Waals surface area contributed by atoms with Crippen molar-refractivity contribution in [1.82, 2.24) is 20.2 Å². The van der Waals surface area contributed by atoms with Gasteiger partial charge in [-0.15, -0.1) is 0 Å². The van der Waals surface area contributed by atoms with Gasteiger partial charge in [0.05, 0.1) is 17.8 Å². The summed E-state index contributed by atoms with van der Waals surface area (Å²) in [5.74, 6) is -7.44. The molecule has 2 N–H and O–H groups in total. The number of fused-ring (bicyclic) bond motifs is 1. The summed E-state index contributed by atoms with van der Waals surface area (Å²) in [6, 6.07) is -2.30. The molecule has 1 aliphatic heterocycles. The second-order valence-electron chi connectivity index (χ2n) is 15.9. The number of nitrogens with zero attached hydrogens (tertiary/aromatic N) is 3. The first-order valence-electron chi connectivity index (χ1n) is 17.3. The van der Waals surface area contributed by atoms with E-state index >= 15 is 0 Å². The van der Waals surface area contributed by atoms with Gasteiger partial charge in [0.2, 0.25) is 24.0 Å². The fraction of sp³-hybridized carbons (Fsp3) is 0.722. The van der Waals surface area contributed by atoms with E-state index in [4.69, 9.17) is 0 Å². The molecule has 270 valence electrons. The Labute approximate surface area is 286 Å². The molecule has 3 aliphatic rings. The number of carbonyl (C=O) groups excluding carboxylic acids is 6. The Kier molecular flexibility index (Phi) is 11.9. The van der Waals surface area contributed by atoms with Gasteiger partial charge < -0.3 is 15.3 Å². The van der Waals surface area contributed by atoms with Crippen molar-refractivity contribution in [2.75, 3.05) is 6.54 Å². The van der Waals surface area contributed by atoms with E-state index < -0.39 is 95.2 Å². The van der Waals surface area contributed by atoms with E-state index in [-0.39, 0.29) is 42.7 Å². The molecule has 2 heterocycles. The smallest absolute Gasteiger partial charge is 0.246 e. The zero-order chi connectivity index (χ0) is 36.4. The van der Waals surface area contributed by atoms with Crippen molar-refractivity contribution < 1.29 is 42.7 Å². The van der Waals surface area contributed by atoms with Crippen molar-refractivity contribution in [2.45, 2.75) is 117 Å². The average Bonchev–Trinajstić information content (AvgIpc) is 3.66. The lowest BCUT2D eigenvalue weighted by Gasteiger charge is -2.37. The lowest BCUT2D eigenvalue weighted by molar-refractivity contribution is -0.146. The number of halogens is 2. The number of alkyl halides is 2. The van der Waals surface area contributed by atoms with Gasteiger partial charge in [-0.3, -0.25) is 33.8 Å². The molecule has 13 heteroatoms. The summed E-state index contributed by atoms with van der Waals surface area (Å²) in [4.78, 5) is 90.3. The van der Waals surface area contributed by atoms with Gasteiger partial charge in [-0.05, 0) is 55.8 Å². The van der Waals surface area contributed by atoms with Crippen LogP contribution >= 0.6 is 0 Å². The monoisotopic (exact) mass is 688 g/mol. The SMILES string of the molecule is CC(C)[C@@H](CC(=O)c1cnccn1)C(=O)N[C@H](C(=O)N1C[C@H]2[C@H](CC[C@@]2(C)O)C1C(=O)CC(CC(F)F)C(=O)C(=O)CC1CC1)C(C)(C)C. The third kappa shape index (κ3) is 9.20. The van der Waals surface area contributed by atoms with Crippen molar-refractivity contribution in [3.05, 3.63) is 24.3 Å². The maximum atomic E-state index is 14.5. The van der Waals surface area contributed by atoms with Crippen LogP contribution in [0.15, 0.2) is 18.6 Å². The maximum absolute atomic E-state index is 14.5. The van der Waals surface area contributed by atoms with Gasteiger partial charge in [0.1, 0.15) is 11.7 Å². The van der Waals surface area contributed by atoms with E-state index in [9.17, 15) is 42.7 Å². The van der Waals surface area contributed by atoms with E-state index in [1.54, 1.807) is 41.5 Å². The van der Waals surface area contributed by atoms with Crippen LogP contribution in [0.4, 0.5) is 8.78 Å². The number of aromatic nitrogens is 2. The third-order valence-electron chi connectivity index (χ3n) is 10.6. The number of ketones is 4. The average molecular weight is 689 g/mol. The Bertz CT molecular complexity index is 1420. The standard InChI is InChI=1S/C36H50F2N4O7/c1-19(2)23(16-26(43)25-17-39-11-12-40-25)33(47)41-32(35(3,4)5)34(48)42-18-24-22(9-10-36(24,6)49)30(42)27(44)14-21(15-29(37)38)31(46)28(45)13-20-7-8-20/h11-12,17,19-24,29-30,32,49H,7-10,13-16,18H2,1-6H3,(H,41,47)/t21?,22-,23+,24-,30?,32+,36+/m0/s1. The molecule has 0 aromatic carbocycles. The number of rotatable bonds is 16. The first kappa shape index (κ1) is 38.3. The fourth-order valence-corrected chi connectivity index (χ4v) is 7.43. The highest BCUT2D eigenvalue weighted by Crippen LogP contribution is 2.49. The molecule has 11 nitrogen and oxygen atoms in total. The van der Waals surface area contributed by atoms with Gasteiger partial charge in [-0.2, -0.15) is 0 Å². The van der Waals surface area contributed by atoms with Crippen LogP contribution in [0, 0.1) is 40.9 Å². The molecule has 2 unspecified atom stereocenters. The largest absolute Gasteiger partial charge is 0.390 e. The van der Waals surface area contributed by atoms with Crippen LogP contribution in [0.1, 0.15) is 103 Å².